The van der Waals surface area contributed by atoms with Crippen molar-refractivity contribution in [1.29, 1.82) is 0 Å². The van der Waals surface area contributed by atoms with Crippen LogP contribution in [0.1, 0.15) is 65.2 Å². The van der Waals surface area contributed by atoms with Crippen molar-refractivity contribution in [2.45, 2.75) is 65.2 Å². The van der Waals surface area contributed by atoms with E-state index >= 15 is 0 Å². The molecule has 0 amide bonds. The summed E-state index contributed by atoms with van der Waals surface area (Å²) in [6, 6.07) is 0. The first-order valence-corrected chi connectivity index (χ1v) is 9.00. The van der Waals surface area contributed by atoms with E-state index in [0.29, 0.717) is 29.3 Å². The molecule has 0 aromatic rings. The van der Waals surface area contributed by atoms with E-state index in [1.807, 2.05) is 0 Å². The second-order valence-corrected chi connectivity index (χ2v) is 9.25. The van der Waals surface area contributed by atoms with E-state index in [4.69, 9.17) is 0 Å². The monoisotopic (exact) mass is 286 g/mol. The minimum Gasteiger partial charge on any atom is -0.299 e. The summed E-state index contributed by atoms with van der Waals surface area (Å²) in [5.41, 5.74) is 0.263. The Balaban J connectivity index is 1.58. The summed E-state index contributed by atoms with van der Waals surface area (Å²) in [5, 5.41) is 0. The van der Waals surface area contributed by atoms with Crippen LogP contribution in [0.15, 0.2) is 0 Å². The highest BCUT2D eigenvalue weighted by molar-refractivity contribution is 5.92. The zero-order valence-electron chi connectivity index (χ0n) is 13.3. The third kappa shape index (κ3) is 1.18. The van der Waals surface area contributed by atoms with Crippen molar-refractivity contribution >= 4 is 11.6 Å². The molecule has 1 spiro atoms. The Morgan fingerprint density at radius 1 is 0.952 bits per heavy atom. The normalized spacial score (nSPS) is 61.0. The highest BCUT2D eigenvalue weighted by Crippen LogP contribution is 2.80. The highest BCUT2D eigenvalue weighted by Gasteiger charge is 2.77. The summed E-state index contributed by atoms with van der Waals surface area (Å²) in [6.45, 7) is 4.64. The SMILES string of the molecule is CC12CCC3C(CC(=O)C45C[C@H]4CCC35C)C1CCC2=O. The van der Waals surface area contributed by atoms with Crippen LogP contribution in [0.2, 0.25) is 0 Å². The molecule has 5 aliphatic carbocycles. The molecule has 0 aliphatic heterocycles. The van der Waals surface area contributed by atoms with E-state index in [1.165, 1.54) is 25.7 Å². The van der Waals surface area contributed by atoms with Crippen molar-refractivity contribution in [3.63, 3.8) is 0 Å². The molecule has 7 atom stereocenters. The fourth-order valence-corrected chi connectivity index (χ4v) is 7.78. The maximum Gasteiger partial charge on any atom is 0.140 e. The maximum atomic E-state index is 13.0. The molecule has 0 heterocycles. The Morgan fingerprint density at radius 2 is 1.76 bits per heavy atom. The number of rotatable bonds is 0. The van der Waals surface area contributed by atoms with E-state index in [2.05, 4.69) is 13.8 Å². The lowest BCUT2D eigenvalue weighted by Crippen LogP contribution is -2.55. The van der Waals surface area contributed by atoms with Gasteiger partial charge in [0.25, 0.3) is 0 Å². The zero-order valence-corrected chi connectivity index (χ0v) is 13.3. The molecule has 5 fully saturated rings. The highest BCUT2D eigenvalue weighted by atomic mass is 16.1. The molecule has 0 N–H and O–H groups in total. The Morgan fingerprint density at radius 3 is 2.52 bits per heavy atom. The number of Topliss-reactive ketones (excluding diaryl/α,β-unsaturated/α-hetero) is 2. The topological polar surface area (TPSA) is 34.1 Å². The van der Waals surface area contributed by atoms with Crippen LogP contribution >= 0.6 is 0 Å². The fraction of sp³-hybridized carbons (Fsp3) is 0.895. The van der Waals surface area contributed by atoms with Gasteiger partial charge in [-0.25, -0.2) is 0 Å². The van der Waals surface area contributed by atoms with Crippen molar-refractivity contribution in [1.82, 2.24) is 0 Å². The number of carbonyl (C=O) groups is 2. The van der Waals surface area contributed by atoms with Crippen LogP contribution in [0.5, 0.6) is 0 Å². The third-order valence-corrected chi connectivity index (χ3v) is 9.02. The van der Waals surface area contributed by atoms with Gasteiger partial charge < -0.3 is 0 Å². The first kappa shape index (κ1) is 12.8. The summed E-state index contributed by atoms with van der Waals surface area (Å²) in [6.07, 6.45) is 8.63. The second-order valence-electron chi connectivity index (χ2n) is 9.25. The lowest BCUT2D eigenvalue weighted by Gasteiger charge is -2.56. The molecule has 0 aromatic carbocycles. The van der Waals surface area contributed by atoms with Crippen molar-refractivity contribution in [2.24, 2.45) is 39.9 Å². The summed E-state index contributed by atoms with van der Waals surface area (Å²) in [5.74, 6) is 3.51. The van der Waals surface area contributed by atoms with E-state index in [0.717, 1.165) is 31.6 Å². The van der Waals surface area contributed by atoms with Gasteiger partial charge in [0.2, 0.25) is 0 Å². The summed E-state index contributed by atoms with van der Waals surface area (Å²) in [7, 11) is 0. The van der Waals surface area contributed by atoms with Gasteiger partial charge in [-0.05, 0) is 67.6 Å². The second kappa shape index (κ2) is 3.46. The van der Waals surface area contributed by atoms with Gasteiger partial charge in [-0.2, -0.15) is 0 Å². The van der Waals surface area contributed by atoms with Gasteiger partial charge >= 0.3 is 0 Å². The van der Waals surface area contributed by atoms with Crippen LogP contribution in [0, 0.1) is 39.9 Å². The lowest BCUT2D eigenvalue weighted by molar-refractivity contribution is -0.153. The van der Waals surface area contributed by atoms with Gasteiger partial charge in [0.15, 0.2) is 0 Å². The molecule has 2 heteroatoms. The van der Waals surface area contributed by atoms with E-state index < -0.39 is 0 Å². The molecule has 5 aliphatic rings. The number of fused-ring (bicyclic) bond motifs is 4. The van der Waals surface area contributed by atoms with Crippen LogP contribution in [-0.2, 0) is 9.59 Å². The molecule has 5 saturated carbocycles. The van der Waals surface area contributed by atoms with Crippen molar-refractivity contribution < 1.29 is 9.59 Å². The van der Waals surface area contributed by atoms with Gasteiger partial charge in [-0.1, -0.05) is 13.8 Å². The average molecular weight is 286 g/mol. The number of carbonyl (C=O) groups excluding carboxylic acids is 2. The van der Waals surface area contributed by atoms with Gasteiger partial charge in [-0.3, -0.25) is 9.59 Å². The predicted octanol–water partition coefficient (Wildman–Crippen LogP) is 3.78. The minimum absolute atomic E-state index is 0.0878. The van der Waals surface area contributed by atoms with Crippen molar-refractivity contribution in [2.75, 3.05) is 0 Å². The van der Waals surface area contributed by atoms with Crippen LogP contribution in [0.3, 0.4) is 0 Å². The van der Waals surface area contributed by atoms with E-state index in [9.17, 15) is 9.59 Å². The van der Waals surface area contributed by atoms with Crippen LogP contribution in [0.25, 0.3) is 0 Å². The summed E-state index contributed by atoms with van der Waals surface area (Å²) < 4.78 is 0. The first-order chi connectivity index (χ1) is 9.93. The molecule has 0 aromatic heterocycles. The number of hydrogen-bond donors (Lipinski definition) is 0. The van der Waals surface area contributed by atoms with Crippen molar-refractivity contribution in [3.8, 4) is 0 Å². The lowest BCUT2D eigenvalue weighted by atomic mass is 9.46. The van der Waals surface area contributed by atoms with Crippen LogP contribution in [0.4, 0.5) is 0 Å². The van der Waals surface area contributed by atoms with Gasteiger partial charge in [0, 0.05) is 23.7 Å². The molecule has 0 saturated heterocycles. The van der Waals surface area contributed by atoms with Crippen LogP contribution < -0.4 is 0 Å². The smallest absolute Gasteiger partial charge is 0.140 e. The maximum absolute atomic E-state index is 13.0. The Kier molecular flexibility index (Phi) is 2.12. The van der Waals surface area contributed by atoms with Crippen molar-refractivity contribution in [3.05, 3.63) is 0 Å². The fourth-order valence-electron chi connectivity index (χ4n) is 7.78. The first-order valence-electron chi connectivity index (χ1n) is 9.00. The van der Waals surface area contributed by atoms with E-state index in [-0.39, 0.29) is 16.2 Å². The molecular formula is C19H26O2. The number of hydrogen-bond acceptors (Lipinski definition) is 2. The molecule has 114 valence electrons. The third-order valence-electron chi connectivity index (χ3n) is 9.02. The van der Waals surface area contributed by atoms with Gasteiger partial charge in [-0.15, -0.1) is 0 Å². The molecule has 2 nitrogen and oxygen atoms in total. The largest absolute Gasteiger partial charge is 0.299 e. The molecular weight excluding hydrogens is 260 g/mol. The zero-order chi connectivity index (χ0) is 14.6. The number of ketones is 2. The standard InChI is InChI=1S/C19H26O2/c1-17-7-6-14-12(13(17)3-4-15(17)20)9-16(21)19-10-11(19)5-8-18(14,19)2/h11-14H,3-10H2,1-2H3/t11-,12?,13?,14?,17?,18?,19?/m1/s1. The van der Waals surface area contributed by atoms with Crippen LogP contribution in [-0.4, -0.2) is 11.6 Å². The Bertz CT molecular complexity index is 566. The average Bonchev–Trinajstić information content (AvgIpc) is 3.01. The van der Waals surface area contributed by atoms with Gasteiger partial charge in [0.05, 0.1) is 0 Å². The minimum atomic E-state index is -0.0934. The molecule has 6 unspecified atom stereocenters. The van der Waals surface area contributed by atoms with Gasteiger partial charge in [0.1, 0.15) is 11.6 Å². The molecule has 0 bridgehead atoms. The molecule has 5 rings (SSSR count). The predicted molar refractivity (Wildman–Crippen MR) is 79.6 cm³/mol. The molecule has 21 heavy (non-hydrogen) atoms. The summed E-state index contributed by atoms with van der Waals surface area (Å²) in [4.78, 5) is 25.4. The molecule has 0 radical (unpaired) electrons. The van der Waals surface area contributed by atoms with E-state index in [1.54, 1.807) is 0 Å². The Hall–Kier alpha value is -0.660. The quantitative estimate of drug-likeness (QED) is 0.679. The summed E-state index contributed by atoms with van der Waals surface area (Å²) >= 11 is 0. The Labute approximate surface area is 127 Å².